The van der Waals surface area contributed by atoms with Gasteiger partial charge in [-0.3, -0.25) is 0 Å². The van der Waals surface area contributed by atoms with E-state index in [0.717, 1.165) is 12.0 Å². The van der Waals surface area contributed by atoms with Crippen molar-refractivity contribution in [1.82, 2.24) is 9.97 Å². The number of aromatic nitrogens is 2. The third-order valence-corrected chi connectivity index (χ3v) is 2.37. The summed E-state index contributed by atoms with van der Waals surface area (Å²) in [4.78, 5) is 8.60. The van der Waals surface area contributed by atoms with Gasteiger partial charge in [-0.15, -0.1) is 0 Å². The summed E-state index contributed by atoms with van der Waals surface area (Å²) in [5, 5.41) is 0. The van der Waals surface area contributed by atoms with Crippen molar-refractivity contribution in [3.8, 4) is 5.88 Å². The lowest BCUT2D eigenvalue weighted by Crippen LogP contribution is -2.16. The molecule has 0 aliphatic carbocycles. The number of nitrogens with zero attached hydrogens (tertiary/aromatic N) is 2. The molecule has 0 amide bonds. The van der Waals surface area contributed by atoms with Crippen LogP contribution in [-0.2, 0) is 11.2 Å². The van der Waals surface area contributed by atoms with Crippen LogP contribution in [0, 0.1) is 6.92 Å². The van der Waals surface area contributed by atoms with Crippen molar-refractivity contribution in [2.75, 3.05) is 18.6 Å². The van der Waals surface area contributed by atoms with Crippen molar-refractivity contribution < 1.29 is 9.47 Å². The van der Waals surface area contributed by atoms with E-state index in [4.69, 9.17) is 15.3 Å². The van der Waals surface area contributed by atoms with Crippen LogP contribution in [0.4, 0.5) is 5.82 Å². The maximum absolute atomic E-state index is 5.60. The quantitative estimate of drug-likeness (QED) is 0.435. The molecule has 0 saturated heterocycles. The molecular weight excluding hydrogens is 232 g/mol. The van der Waals surface area contributed by atoms with Crippen molar-refractivity contribution in [3.05, 3.63) is 11.4 Å². The predicted octanol–water partition coefficient (Wildman–Crippen LogP) is 1.44. The van der Waals surface area contributed by atoms with Crippen LogP contribution >= 0.6 is 0 Å². The lowest BCUT2D eigenvalue weighted by Gasteiger charge is -2.13. The molecule has 0 aromatic carbocycles. The van der Waals surface area contributed by atoms with E-state index < -0.39 is 0 Å². The number of nitrogens with two attached hydrogens (primary N) is 1. The Morgan fingerprint density at radius 2 is 2.00 bits per heavy atom. The van der Waals surface area contributed by atoms with Gasteiger partial charge >= 0.3 is 0 Å². The van der Waals surface area contributed by atoms with Gasteiger partial charge in [0, 0.05) is 6.42 Å². The highest BCUT2D eigenvalue weighted by Gasteiger charge is 2.10. The largest absolute Gasteiger partial charge is 0.475 e. The standard InChI is InChI=1S/C12H22N4O2/c1-5-10-14-11(16-13)9(4)12(15-10)18-7-6-17-8(2)3/h8H,5-7,13H2,1-4H3,(H,14,15,16). The molecule has 0 saturated carbocycles. The fourth-order valence-corrected chi connectivity index (χ4v) is 1.40. The topological polar surface area (TPSA) is 82.3 Å². The number of hydrogen-bond acceptors (Lipinski definition) is 6. The average molecular weight is 254 g/mol. The van der Waals surface area contributed by atoms with Crippen LogP contribution in [0.1, 0.15) is 32.2 Å². The van der Waals surface area contributed by atoms with Gasteiger partial charge in [0.15, 0.2) is 0 Å². The molecule has 0 bridgehead atoms. The molecule has 0 aliphatic heterocycles. The highest BCUT2D eigenvalue weighted by Crippen LogP contribution is 2.21. The Labute approximate surface area is 108 Å². The number of anilines is 1. The number of hydrazine groups is 1. The fraction of sp³-hybridized carbons (Fsp3) is 0.667. The van der Waals surface area contributed by atoms with Gasteiger partial charge in [-0.05, 0) is 20.8 Å². The first-order valence-corrected chi connectivity index (χ1v) is 6.17. The minimum Gasteiger partial charge on any atom is -0.475 e. The summed E-state index contributed by atoms with van der Waals surface area (Å²) in [6.07, 6.45) is 0.931. The third kappa shape index (κ3) is 4.12. The number of aryl methyl sites for hydroxylation is 1. The summed E-state index contributed by atoms with van der Waals surface area (Å²) in [6.45, 7) is 8.82. The molecule has 0 unspecified atom stereocenters. The smallest absolute Gasteiger partial charge is 0.221 e. The van der Waals surface area contributed by atoms with Crippen molar-refractivity contribution in [3.63, 3.8) is 0 Å². The first-order valence-electron chi connectivity index (χ1n) is 6.17. The van der Waals surface area contributed by atoms with E-state index in [1.165, 1.54) is 0 Å². The van der Waals surface area contributed by atoms with Crippen molar-refractivity contribution in [2.45, 2.75) is 40.2 Å². The molecule has 1 aromatic rings. The normalized spacial score (nSPS) is 10.8. The number of nitrogens with one attached hydrogen (secondary N) is 1. The summed E-state index contributed by atoms with van der Waals surface area (Å²) >= 11 is 0. The number of rotatable bonds is 7. The van der Waals surface area contributed by atoms with Gasteiger partial charge < -0.3 is 14.9 Å². The van der Waals surface area contributed by atoms with Crippen LogP contribution in [0.5, 0.6) is 5.88 Å². The highest BCUT2D eigenvalue weighted by molar-refractivity contribution is 5.47. The number of ether oxygens (including phenoxy) is 2. The van der Waals surface area contributed by atoms with Crippen molar-refractivity contribution >= 4 is 5.82 Å². The second-order valence-corrected chi connectivity index (χ2v) is 4.18. The lowest BCUT2D eigenvalue weighted by atomic mass is 10.3. The summed E-state index contributed by atoms with van der Waals surface area (Å²) in [5.41, 5.74) is 3.36. The summed E-state index contributed by atoms with van der Waals surface area (Å²) < 4.78 is 11.0. The molecule has 6 nitrogen and oxygen atoms in total. The van der Waals surface area contributed by atoms with E-state index in [2.05, 4.69) is 15.4 Å². The van der Waals surface area contributed by atoms with Gasteiger partial charge in [-0.1, -0.05) is 6.92 Å². The molecule has 18 heavy (non-hydrogen) atoms. The molecule has 6 heteroatoms. The molecule has 1 heterocycles. The number of hydrogen-bond donors (Lipinski definition) is 2. The molecule has 102 valence electrons. The Balaban J connectivity index is 2.68. The summed E-state index contributed by atoms with van der Waals surface area (Å²) in [7, 11) is 0. The lowest BCUT2D eigenvalue weighted by molar-refractivity contribution is 0.0540. The molecule has 0 atom stereocenters. The van der Waals surface area contributed by atoms with Gasteiger partial charge in [0.25, 0.3) is 0 Å². The molecule has 0 spiro atoms. The summed E-state index contributed by atoms with van der Waals surface area (Å²) in [5.74, 6) is 7.28. The molecule has 3 N–H and O–H groups in total. The van der Waals surface area contributed by atoms with Gasteiger partial charge in [-0.2, -0.15) is 4.98 Å². The van der Waals surface area contributed by atoms with Gasteiger partial charge in [0.1, 0.15) is 18.2 Å². The fourth-order valence-electron chi connectivity index (χ4n) is 1.40. The first kappa shape index (κ1) is 14.7. The molecule has 0 aliphatic rings. The van der Waals surface area contributed by atoms with Crippen LogP contribution in [0.25, 0.3) is 0 Å². The Morgan fingerprint density at radius 3 is 2.56 bits per heavy atom. The number of nitrogen functional groups attached to an aromatic ring is 1. The minimum absolute atomic E-state index is 0.201. The molecule has 1 rings (SSSR count). The Morgan fingerprint density at radius 1 is 1.28 bits per heavy atom. The minimum atomic E-state index is 0.201. The Bertz CT molecular complexity index is 383. The molecule has 0 radical (unpaired) electrons. The molecule has 0 fully saturated rings. The maximum Gasteiger partial charge on any atom is 0.221 e. The predicted molar refractivity (Wildman–Crippen MR) is 70.5 cm³/mol. The zero-order valence-corrected chi connectivity index (χ0v) is 11.5. The van der Waals surface area contributed by atoms with E-state index in [-0.39, 0.29) is 6.10 Å². The second kappa shape index (κ2) is 7.13. The molecule has 1 aromatic heterocycles. The maximum atomic E-state index is 5.60. The van der Waals surface area contributed by atoms with Gasteiger partial charge in [-0.25, -0.2) is 10.8 Å². The highest BCUT2D eigenvalue weighted by atomic mass is 16.5. The van der Waals surface area contributed by atoms with Crippen LogP contribution in [0.2, 0.25) is 0 Å². The zero-order valence-electron chi connectivity index (χ0n) is 11.5. The average Bonchev–Trinajstić information content (AvgIpc) is 2.36. The third-order valence-electron chi connectivity index (χ3n) is 2.37. The van der Waals surface area contributed by atoms with Crippen LogP contribution < -0.4 is 16.0 Å². The zero-order chi connectivity index (χ0) is 13.5. The van der Waals surface area contributed by atoms with E-state index >= 15 is 0 Å². The van der Waals surface area contributed by atoms with E-state index in [0.29, 0.717) is 30.7 Å². The van der Waals surface area contributed by atoms with E-state index in [1.807, 2.05) is 27.7 Å². The van der Waals surface area contributed by atoms with Gasteiger partial charge in [0.2, 0.25) is 5.88 Å². The second-order valence-electron chi connectivity index (χ2n) is 4.18. The SMILES string of the molecule is CCc1nc(NN)c(C)c(OCCOC(C)C)n1. The van der Waals surface area contributed by atoms with Gasteiger partial charge in [0.05, 0.1) is 18.3 Å². The van der Waals surface area contributed by atoms with E-state index in [9.17, 15) is 0 Å². The molecular formula is C12H22N4O2. The first-order chi connectivity index (χ1) is 8.58. The monoisotopic (exact) mass is 254 g/mol. The van der Waals surface area contributed by atoms with Crippen LogP contribution in [-0.4, -0.2) is 29.3 Å². The Kier molecular flexibility index (Phi) is 5.80. The summed E-state index contributed by atoms with van der Waals surface area (Å²) in [6, 6.07) is 0. The van der Waals surface area contributed by atoms with Crippen LogP contribution in [0.3, 0.4) is 0 Å². The Hall–Kier alpha value is -1.40. The van der Waals surface area contributed by atoms with Crippen molar-refractivity contribution in [1.29, 1.82) is 0 Å². The van der Waals surface area contributed by atoms with Crippen LogP contribution in [0.15, 0.2) is 0 Å². The van der Waals surface area contributed by atoms with Crippen molar-refractivity contribution in [2.24, 2.45) is 5.84 Å². The van der Waals surface area contributed by atoms with E-state index in [1.54, 1.807) is 0 Å².